The quantitative estimate of drug-likeness (QED) is 0.519. The van der Waals surface area contributed by atoms with Crippen LogP contribution in [0, 0.1) is 13.8 Å². The minimum atomic E-state index is -0.665. The third-order valence-electron chi connectivity index (χ3n) is 5.59. The molecule has 164 valence electrons. The van der Waals surface area contributed by atoms with Crippen LogP contribution in [0.5, 0.6) is 0 Å². The average Bonchev–Trinajstić information content (AvgIpc) is 3.13. The van der Waals surface area contributed by atoms with E-state index in [9.17, 15) is 14.4 Å². The molecule has 9 nitrogen and oxygen atoms in total. The van der Waals surface area contributed by atoms with Crippen LogP contribution >= 0.6 is 0 Å². The summed E-state index contributed by atoms with van der Waals surface area (Å²) in [6.07, 6.45) is 0. The second-order valence-electron chi connectivity index (χ2n) is 7.45. The summed E-state index contributed by atoms with van der Waals surface area (Å²) in [5.41, 5.74) is 2.09. The topological polar surface area (TPSA) is 95.0 Å². The summed E-state index contributed by atoms with van der Waals surface area (Å²) in [6.45, 7) is 3.49. The van der Waals surface area contributed by atoms with Gasteiger partial charge in [-0.15, -0.1) is 0 Å². The number of urea groups is 1. The number of amides is 2. The molecular weight excluding hydrogens is 408 g/mol. The fourth-order valence-electron chi connectivity index (χ4n) is 3.68. The van der Waals surface area contributed by atoms with Crippen molar-refractivity contribution in [3.63, 3.8) is 0 Å². The molecule has 32 heavy (non-hydrogen) atoms. The van der Waals surface area contributed by atoms with E-state index in [1.807, 2.05) is 60.7 Å². The molecule has 2 heterocycles. The molecule has 0 fully saturated rings. The Bertz CT molecular complexity index is 1300. The van der Waals surface area contributed by atoms with Gasteiger partial charge in [-0.2, -0.15) is 0 Å². The van der Waals surface area contributed by atoms with E-state index in [1.165, 1.54) is 9.36 Å². The molecule has 0 spiro atoms. The van der Waals surface area contributed by atoms with Crippen molar-refractivity contribution in [2.45, 2.75) is 13.8 Å². The molecule has 4 aromatic rings. The highest BCUT2D eigenvalue weighted by Crippen LogP contribution is 2.16. The SMILES string of the molecule is Cc1c(NC(=O)Nc2c(C)n(C)n(-c3ccccc3)c2=O)c(=O)n(-c2ccccc2)n1C. The second-order valence-corrected chi connectivity index (χ2v) is 7.45. The van der Waals surface area contributed by atoms with E-state index >= 15 is 0 Å². The Morgan fingerprint density at radius 1 is 0.656 bits per heavy atom. The van der Waals surface area contributed by atoms with E-state index < -0.39 is 6.03 Å². The molecule has 2 aromatic carbocycles. The fourth-order valence-corrected chi connectivity index (χ4v) is 3.68. The lowest BCUT2D eigenvalue weighted by atomic mass is 10.3. The molecule has 0 saturated heterocycles. The van der Waals surface area contributed by atoms with Gasteiger partial charge in [0.2, 0.25) is 0 Å². The second kappa shape index (κ2) is 8.10. The Morgan fingerprint density at radius 2 is 1.00 bits per heavy atom. The highest BCUT2D eigenvalue weighted by molar-refractivity contribution is 6.00. The van der Waals surface area contributed by atoms with E-state index in [-0.39, 0.29) is 22.5 Å². The largest absolute Gasteiger partial charge is 0.324 e. The van der Waals surface area contributed by atoms with Crippen LogP contribution in [0.3, 0.4) is 0 Å². The zero-order chi connectivity index (χ0) is 23.0. The number of anilines is 2. The highest BCUT2D eigenvalue weighted by Gasteiger charge is 2.21. The first kappa shape index (κ1) is 21.0. The van der Waals surface area contributed by atoms with Crippen molar-refractivity contribution in [3.8, 4) is 11.4 Å². The number of nitrogens with zero attached hydrogens (tertiary/aromatic N) is 4. The molecule has 0 radical (unpaired) electrons. The summed E-state index contributed by atoms with van der Waals surface area (Å²) in [4.78, 5) is 38.8. The molecule has 0 saturated carbocycles. The zero-order valence-electron chi connectivity index (χ0n) is 18.3. The van der Waals surface area contributed by atoms with E-state index in [1.54, 1.807) is 37.3 Å². The van der Waals surface area contributed by atoms with Crippen LogP contribution < -0.4 is 21.8 Å². The van der Waals surface area contributed by atoms with E-state index in [0.29, 0.717) is 22.8 Å². The van der Waals surface area contributed by atoms with Gasteiger partial charge >= 0.3 is 6.03 Å². The minimum Gasteiger partial charge on any atom is -0.301 e. The van der Waals surface area contributed by atoms with Gasteiger partial charge in [-0.3, -0.25) is 19.0 Å². The van der Waals surface area contributed by atoms with Crippen molar-refractivity contribution in [2.24, 2.45) is 14.1 Å². The van der Waals surface area contributed by atoms with Gasteiger partial charge in [-0.05, 0) is 38.1 Å². The van der Waals surface area contributed by atoms with Gasteiger partial charge in [0.05, 0.1) is 22.8 Å². The lowest BCUT2D eigenvalue weighted by Gasteiger charge is -2.07. The number of nitrogens with one attached hydrogen (secondary N) is 2. The maximum atomic E-state index is 13.0. The molecule has 9 heteroatoms. The van der Waals surface area contributed by atoms with Crippen molar-refractivity contribution in [1.29, 1.82) is 0 Å². The highest BCUT2D eigenvalue weighted by atomic mass is 16.2. The lowest BCUT2D eigenvalue weighted by Crippen LogP contribution is -2.28. The Balaban J connectivity index is 1.65. The summed E-state index contributed by atoms with van der Waals surface area (Å²) in [5, 5.41) is 5.24. The summed E-state index contributed by atoms with van der Waals surface area (Å²) in [5.74, 6) is 0. The number of hydrogen-bond donors (Lipinski definition) is 2. The molecule has 0 unspecified atom stereocenters. The number of para-hydroxylation sites is 2. The average molecular weight is 432 g/mol. The number of benzene rings is 2. The molecule has 0 aliphatic carbocycles. The van der Waals surface area contributed by atoms with Gasteiger partial charge < -0.3 is 10.6 Å². The first-order valence-corrected chi connectivity index (χ1v) is 10.1. The Kier molecular flexibility index (Phi) is 5.31. The van der Waals surface area contributed by atoms with E-state index in [2.05, 4.69) is 10.6 Å². The van der Waals surface area contributed by atoms with Gasteiger partial charge in [0.25, 0.3) is 11.1 Å². The summed E-state index contributed by atoms with van der Waals surface area (Å²) < 4.78 is 6.29. The van der Waals surface area contributed by atoms with Crippen molar-refractivity contribution in [1.82, 2.24) is 18.7 Å². The molecule has 0 aliphatic rings. The van der Waals surface area contributed by atoms with Crippen LogP contribution in [-0.4, -0.2) is 24.8 Å². The standard InChI is InChI=1S/C23H24N6O3/c1-15-19(21(30)28(26(15)3)17-11-7-5-8-12-17)24-23(32)25-20-16(2)27(4)29(22(20)31)18-13-9-6-10-14-18/h5-14H,1-4H3,(H2,24,25,32). The number of hydrogen-bond acceptors (Lipinski definition) is 3. The molecule has 0 aliphatic heterocycles. The molecule has 2 N–H and O–H groups in total. The van der Waals surface area contributed by atoms with Crippen molar-refractivity contribution in [2.75, 3.05) is 10.6 Å². The molecule has 0 bridgehead atoms. The minimum absolute atomic E-state index is 0.144. The van der Waals surface area contributed by atoms with Crippen molar-refractivity contribution < 1.29 is 4.79 Å². The Morgan fingerprint density at radius 3 is 1.34 bits per heavy atom. The van der Waals surface area contributed by atoms with Crippen LogP contribution in [0.1, 0.15) is 11.4 Å². The first-order valence-electron chi connectivity index (χ1n) is 10.1. The van der Waals surface area contributed by atoms with Crippen LogP contribution in [-0.2, 0) is 14.1 Å². The van der Waals surface area contributed by atoms with Gasteiger partial charge in [-0.1, -0.05) is 36.4 Å². The lowest BCUT2D eigenvalue weighted by molar-refractivity contribution is 0.262. The number of rotatable bonds is 4. The van der Waals surface area contributed by atoms with Crippen LogP contribution in [0.2, 0.25) is 0 Å². The van der Waals surface area contributed by atoms with Gasteiger partial charge in [0.15, 0.2) is 0 Å². The van der Waals surface area contributed by atoms with Gasteiger partial charge in [-0.25, -0.2) is 14.2 Å². The summed E-state index contributed by atoms with van der Waals surface area (Å²) in [7, 11) is 3.49. The number of carbonyl (C=O) groups is 1. The predicted molar refractivity (Wildman–Crippen MR) is 124 cm³/mol. The van der Waals surface area contributed by atoms with Gasteiger partial charge in [0, 0.05) is 14.1 Å². The zero-order valence-corrected chi connectivity index (χ0v) is 18.3. The van der Waals surface area contributed by atoms with E-state index in [4.69, 9.17) is 0 Å². The van der Waals surface area contributed by atoms with E-state index in [0.717, 1.165) is 0 Å². The normalized spacial score (nSPS) is 10.9. The first-order chi connectivity index (χ1) is 15.3. The molecule has 0 atom stereocenters. The van der Waals surface area contributed by atoms with Crippen LogP contribution in [0.25, 0.3) is 11.4 Å². The number of aromatic nitrogens is 4. The van der Waals surface area contributed by atoms with Crippen LogP contribution in [0.4, 0.5) is 16.2 Å². The smallest absolute Gasteiger partial charge is 0.301 e. The third kappa shape index (κ3) is 3.43. The van der Waals surface area contributed by atoms with Crippen molar-refractivity contribution in [3.05, 3.63) is 92.8 Å². The third-order valence-corrected chi connectivity index (χ3v) is 5.59. The number of carbonyl (C=O) groups excluding carboxylic acids is 1. The summed E-state index contributed by atoms with van der Waals surface area (Å²) >= 11 is 0. The monoisotopic (exact) mass is 432 g/mol. The fraction of sp³-hybridized carbons (Fsp3) is 0.174. The molecular formula is C23H24N6O3. The maximum Gasteiger partial charge on any atom is 0.324 e. The Labute approximate surface area is 184 Å². The predicted octanol–water partition coefficient (Wildman–Crippen LogP) is 2.93. The Hall–Kier alpha value is -4.27. The molecule has 2 aromatic heterocycles. The molecule has 2 amide bonds. The summed E-state index contributed by atoms with van der Waals surface area (Å²) in [6, 6.07) is 17.6. The van der Waals surface area contributed by atoms with Crippen molar-refractivity contribution >= 4 is 17.4 Å². The van der Waals surface area contributed by atoms with Gasteiger partial charge in [0.1, 0.15) is 11.4 Å². The maximum absolute atomic E-state index is 13.0. The molecule has 4 rings (SSSR count). The van der Waals surface area contributed by atoms with Crippen LogP contribution in [0.15, 0.2) is 70.3 Å².